The van der Waals surface area contributed by atoms with E-state index in [-0.39, 0.29) is 13.2 Å². The third kappa shape index (κ3) is 57.1. The molecule has 0 amide bonds. The molecule has 0 atom stereocenters. The maximum absolute atomic E-state index is 10.3. The predicted octanol–water partition coefficient (Wildman–Crippen LogP) is 9.67. The highest BCUT2D eigenvalue weighted by Gasteiger charge is 1.98. The minimum absolute atomic E-state index is 0.139. The largest absolute Gasteiger partial charge is 0.481 e. The smallest absolute Gasteiger partial charge is 0.303 e. The number of hydrogen-bond acceptors (Lipinski definition) is 5. The van der Waals surface area contributed by atoms with Crippen molar-refractivity contribution in [2.24, 2.45) is 0 Å². The topological polar surface area (TPSA) is 127 Å². The Hall–Kier alpha value is -1.18. The molecule has 0 saturated heterocycles. The molecule has 0 rings (SSSR count). The number of hydrogen-bond donors (Lipinski definition) is 5. The van der Waals surface area contributed by atoms with Crippen LogP contribution in [-0.2, 0) is 9.59 Å². The Bertz CT molecular complexity index is 474. The molecule has 7 heteroatoms. The van der Waals surface area contributed by atoms with Crippen molar-refractivity contribution in [3.8, 4) is 0 Å². The van der Waals surface area contributed by atoms with E-state index in [2.05, 4.69) is 19.2 Å². The molecule has 0 aliphatic carbocycles. The summed E-state index contributed by atoms with van der Waals surface area (Å²) in [5.74, 6) is -1.31. The van der Waals surface area contributed by atoms with Gasteiger partial charge in [0.25, 0.3) is 0 Å². The second-order valence-corrected chi connectivity index (χ2v) is 12.0. The van der Waals surface area contributed by atoms with Crippen LogP contribution in [0.2, 0.25) is 0 Å². The number of aliphatic carboxylic acids is 2. The molecule has 0 fully saturated rings. The molecule has 0 radical (unpaired) electrons. The first-order chi connectivity index (χ1) is 21.0. The van der Waals surface area contributed by atoms with Crippen LogP contribution in [-0.4, -0.2) is 58.7 Å². The Kier molecular flexibility index (Phi) is 48.7. The number of nitrogens with one attached hydrogen (secondary N) is 1. The van der Waals surface area contributed by atoms with Crippen molar-refractivity contribution in [2.75, 3.05) is 26.3 Å². The average Bonchev–Trinajstić information content (AvgIpc) is 2.98. The van der Waals surface area contributed by atoms with E-state index in [9.17, 15) is 9.59 Å². The van der Waals surface area contributed by atoms with Gasteiger partial charge in [-0.1, -0.05) is 168 Å². The van der Waals surface area contributed by atoms with Crippen molar-refractivity contribution in [2.45, 2.75) is 194 Å². The van der Waals surface area contributed by atoms with Gasteiger partial charge >= 0.3 is 11.9 Å². The number of carbonyl (C=O) groups is 2. The summed E-state index contributed by atoms with van der Waals surface area (Å²) >= 11 is 0. The molecule has 0 aromatic heterocycles. The number of carboxylic acid groups (broad SMARTS) is 2. The highest BCUT2D eigenvalue weighted by molar-refractivity contribution is 5.66. The lowest BCUT2D eigenvalue weighted by atomic mass is 10.0. The van der Waals surface area contributed by atoms with Crippen LogP contribution in [0.3, 0.4) is 0 Å². The highest BCUT2D eigenvalue weighted by atomic mass is 16.4. The summed E-state index contributed by atoms with van der Waals surface area (Å²) in [4.78, 5) is 20.6. The van der Waals surface area contributed by atoms with Crippen LogP contribution in [0.5, 0.6) is 0 Å². The van der Waals surface area contributed by atoms with E-state index in [4.69, 9.17) is 20.4 Å². The molecular weight excluding hydrogens is 542 g/mol. The zero-order chi connectivity index (χ0) is 32.5. The Morgan fingerprint density at radius 2 is 0.605 bits per heavy atom. The van der Waals surface area contributed by atoms with Gasteiger partial charge in [-0.05, 0) is 12.8 Å². The van der Waals surface area contributed by atoms with E-state index in [0.717, 1.165) is 25.7 Å². The van der Waals surface area contributed by atoms with E-state index in [1.54, 1.807) is 0 Å². The second kappa shape index (κ2) is 45.3. The molecule has 0 bridgehead atoms. The Morgan fingerprint density at radius 1 is 0.395 bits per heavy atom. The van der Waals surface area contributed by atoms with Gasteiger partial charge in [-0.15, -0.1) is 0 Å². The molecule has 43 heavy (non-hydrogen) atoms. The van der Waals surface area contributed by atoms with Crippen molar-refractivity contribution in [1.82, 2.24) is 5.32 Å². The van der Waals surface area contributed by atoms with E-state index < -0.39 is 11.9 Å². The van der Waals surface area contributed by atoms with Crippen LogP contribution in [0.25, 0.3) is 0 Å². The van der Waals surface area contributed by atoms with Crippen LogP contribution in [0.4, 0.5) is 0 Å². The molecule has 0 heterocycles. The number of carboxylic acids is 2. The standard InChI is InChI=1S/2C16H32O2.C4H11NO2/c2*1-2-3-4-5-6-7-8-9-10-11-12-13-14-15-16(17)18;6-3-1-5-2-4-7/h2*2-15H2,1H3,(H,17,18);5-7H,1-4H2. The van der Waals surface area contributed by atoms with Crippen molar-refractivity contribution < 1.29 is 30.0 Å². The zero-order valence-corrected chi connectivity index (χ0v) is 28.7. The van der Waals surface area contributed by atoms with Gasteiger partial charge in [0.2, 0.25) is 0 Å². The fourth-order valence-electron chi connectivity index (χ4n) is 4.87. The van der Waals surface area contributed by atoms with E-state index in [0.29, 0.717) is 25.9 Å². The quantitative estimate of drug-likeness (QED) is 0.0475. The lowest BCUT2D eigenvalue weighted by molar-refractivity contribution is -0.138. The van der Waals surface area contributed by atoms with Crippen LogP contribution in [0.15, 0.2) is 0 Å². The fraction of sp³-hybridized carbons (Fsp3) is 0.944. The molecule has 5 N–H and O–H groups in total. The van der Waals surface area contributed by atoms with Gasteiger partial charge in [0.15, 0.2) is 0 Å². The summed E-state index contributed by atoms with van der Waals surface area (Å²) in [6.45, 7) is 5.94. The van der Waals surface area contributed by atoms with Gasteiger partial charge in [0.1, 0.15) is 0 Å². The number of aliphatic hydroxyl groups is 2. The van der Waals surface area contributed by atoms with Crippen LogP contribution >= 0.6 is 0 Å². The zero-order valence-electron chi connectivity index (χ0n) is 28.7. The molecule has 0 aromatic carbocycles. The molecule has 0 saturated carbocycles. The monoisotopic (exact) mass is 618 g/mol. The lowest BCUT2D eigenvalue weighted by Gasteiger charge is -2.02. The highest BCUT2D eigenvalue weighted by Crippen LogP contribution is 2.14. The Morgan fingerprint density at radius 3 is 0.791 bits per heavy atom. The van der Waals surface area contributed by atoms with Gasteiger partial charge in [-0.25, -0.2) is 0 Å². The molecule has 0 spiro atoms. The molecule has 0 unspecified atom stereocenters. The number of rotatable bonds is 32. The minimum Gasteiger partial charge on any atom is -0.481 e. The first kappa shape index (κ1) is 46.2. The summed E-state index contributed by atoms with van der Waals surface area (Å²) < 4.78 is 0. The maximum atomic E-state index is 10.3. The summed E-state index contributed by atoms with van der Waals surface area (Å²) in [6.07, 6.45) is 34.5. The summed E-state index contributed by atoms with van der Waals surface area (Å²) in [6, 6.07) is 0. The number of unbranched alkanes of at least 4 members (excludes halogenated alkanes) is 24. The van der Waals surface area contributed by atoms with Crippen LogP contribution in [0, 0.1) is 0 Å². The van der Waals surface area contributed by atoms with Crippen molar-refractivity contribution in [3.63, 3.8) is 0 Å². The summed E-state index contributed by atoms with van der Waals surface area (Å²) in [7, 11) is 0. The van der Waals surface area contributed by atoms with E-state index in [1.807, 2.05) is 0 Å². The molecular formula is C36H75NO6. The molecule has 7 nitrogen and oxygen atoms in total. The predicted molar refractivity (Wildman–Crippen MR) is 183 cm³/mol. The normalized spacial score (nSPS) is 10.5. The fourth-order valence-corrected chi connectivity index (χ4v) is 4.87. The van der Waals surface area contributed by atoms with Crippen molar-refractivity contribution >= 4 is 11.9 Å². The van der Waals surface area contributed by atoms with Gasteiger partial charge in [0.05, 0.1) is 13.2 Å². The Labute approximate surface area is 267 Å². The third-order valence-electron chi connectivity index (χ3n) is 7.57. The van der Waals surface area contributed by atoms with E-state index in [1.165, 1.54) is 141 Å². The van der Waals surface area contributed by atoms with Crippen LogP contribution in [0.1, 0.15) is 194 Å². The van der Waals surface area contributed by atoms with E-state index >= 15 is 0 Å². The van der Waals surface area contributed by atoms with Crippen molar-refractivity contribution in [3.05, 3.63) is 0 Å². The minimum atomic E-state index is -0.655. The van der Waals surface area contributed by atoms with Crippen LogP contribution < -0.4 is 5.32 Å². The van der Waals surface area contributed by atoms with Gasteiger partial charge in [-0.3, -0.25) is 9.59 Å². The second-order valence-electron chi connectivity index (χ2n) is 12.0. The first-order valence-electron chi connectivity index (χ1n) is 18.3. The van der Waals surface area contributed by atoms with Gasteiger partial charge in [0, 0.05) is 25.9 Å². The van der Waals surface area contributed by atoms with Crippen molar-refractivity contribution in [1.29, 1.82) is 0 Å². The molecule has 0 aliphatic heterocycles. The average molecular weight is 618 g/mol. The lowest BCUT2D eigenvalue weighted by Crippen LogP contribution is -2.21. The first-order valence-corrected chi connectivity index (χ1v) is 18.3. The number of aliphatic hydroxyl groups excluding tert-OH is 2. The molecule has 260 valence electrons. The summed E-state index contributed by atoms with van der Waals surface area (Å²) in [5.41, 5.74) is 0. The third-order valence-corrected chi connectivity index (χ3v) is 7.57. The van der Waals surface area contributed by atoms with Gasteiger partial charge < -0.3 is 25.7 Å². The maximum Gasteiger partial charge on any atom is 0.303 e. The Balaban J connectivity index is -0.000000611. The van der Waals surface area contributed by atoms with Gasteiger partial charge in [-0.2, -0.15) is 0 Å². The summed E-state index contributed by atoms with van der Waals surface area (Å²) in [5, 5.41) is 36.1. The molecule has 0 aromatic rings. The SMILES string of the molecule is CCCCCCCCCCCCCCCC(=O)O.CCCCCCCCCCCCCCCC(=O)O.OCCNCCO. The molecule has 0 aliphatic rings.